The fourth-order valence-corrected chi connectivity index (χ4v) is 9.17. The van der Waals surface area contributed by atoms with E-state index in [9.17, 15) is 0 Å². The fourth-order valence-electron chi connectivity index (χ4n) is 9.17. The lowest BCUT2D eigenvalue weighted by Crippen LogP contribution is -2.15. The molecule has 0 fully saturated rings. The highest BCUT2D eigenvalue weighted by molar-refractivity contribution is 6.17. The molecule has 1 aromatic heterocycles. The average molecular weight is 719 g/mol. The first-order valence-electron chi connectivity index (χ1n) is 19.3. The Morgan fingerprint density at radius 2 is 0.839 bits per heavy atom. The molecule has 0 aliphatic heterocycles. The normalized spacial score (nSPS) is 13.0. The molecule has 0 unspecified atom stereocenters. The predicted molar refractivity (Wildman–Crippen MR) is 236 cm³/mol. The zero-order valence-corrected chi connectivity index (χ0v) is 31.3. The number of anilines is 6. The molecule has 0 bridgehead atoms. The van der Waals surface area contributed by atoms with Gasteiger partial charge < -0.3 is 14.2 Å². The van der Waals surface area contributed by atoms with Crippen molar-refractivity contribution in [3.8, 4) is 11.1 Å². The first-order valence-corrected chi connectivity index (χ1v) is 19.3. The molecule has 11 rings (SSSR count). The number of para-hydroxylation sites is 4. The molecule has 3 heteroatoms. The molecule has 0 radical (unpaired) electrons. The quantitative estimate of drug-likeness (QED) is 0.171. The maximum absolute atomic E-state index is 6.85. The first kappa shape index (κ1) is 32.3. The van der Waals surface area contributed by atoms with Crippen molar-refractivity contribution in [2.75, 3.05) is 9.80 Å². The SMILES string of the molecule is CC1(C)c2cc3oc4c5ccc(N(c6ccccc6)c6ccccc6)cc5ccc4c3cc2-c2ccc3cc(N(c4ccccc4)c4ccccc4)ccc3c21. The summed E-state index contributed by atoms with van der Waals surface area (Å²) in [6, 6.07) is 69.8. The Morgan fingerprint density at radius 1 is 0.375 bits per heavy atom. The zero-order valence-electron chi connectivity index (χ0n) is 31.3. The van der Waals surface area contributed by atoms with E-state index in [-0.39, 0.29) is 5.41 Å². The van der Waals surface area contributed by atoms with E-state index in [1.54, 1.807) is 0 Å². The van der Waals surface area contributed by atoms with Gasteiger partial charge in [-0.05, 0) is 135 Å². The largest absolute Gasteiger partial charge is 0.455 e. The summed E-state index contributed by atoms with van der Waals surface area (Å²) in [6.07, 6.45) is 0. The number of benzene rings is 9. The summed E-state index contributed by atoms with van der Waals surface area (Å²) in [6.45, 7) is 4.73. The molecule has 0 atom stereocenters. The smallest absolute Gasteiger partial charge is 0.143 e. The minimum Gasteiger partial charge on any atom is -0.455 e. The van der Waals surface area contributed by atoms with Crippen molar-refractivity contribution in [2.24, 2.45) is 0 Å². The van der Waals surface area contributed by atoms with Crippen molar-refractivity contribution >= 4 is 77.6 Å². The van der Waals surface area contributed by atoms with Crippen LogP contribution in [0.1, 0.15) is 25.0 Å². The van der Waals surface area contributed by atoms with Gasteiger partial charge in [-0.3, -0.25) is 0 Å². The van der Waals surface area contributed by atoms with Gasteiger partial charge in [0.2, 0.25) is 0 Å². The number of hydrogen-bond donors (Lipinski definition) is 0. The van der Waals surface area contributed by atoms with Crippen molar-refractivity contribution in [3.05, 3.63) is 205 Å². The van der Waals surface area contributed by atoms with Crippen molar-refractivity contribution < 1.29 is 4.42 Å². The third-order valence-electron chi connectivity index (χ3n) is 11.7. The third kappa shape index (κ3) is 4.98. The average Bonchev–Trinajstić information content (AvgIpc) is 3.73. The Kier molecular flexibility index (Phi) is 7.20. The van der Waals surface area contributed by atoms with Crippen LogP contribution in [-0.2, 0) is 5.41 Å². The molecule has 56 heavy (non-hydrogen) atoms. The molecule has 266 valence electrons. The monoisotopic (exact) mass is 718 g/mol. The van der Waals surface area contributed by atoms with Crippen LogP contribution in [0, 0.1) is 0 Å². The van der Waals surface area contributed by atoms with Gasteiger partial charge >= 0.3 is 0 Å². The molecule has 0 saturated heterocycles. The van der Waals surface area contributed by atoms with Crippen molar-refractivity contribution in [3.63, 3.8) is 0 Å². The molecule has 1 aliphatic carbocycles. The zero-order chi connectivity index (χ0) is 37.4. The summed E-state index contributed by atoms with van der Waals surface area (Å²) in [5.41, 5.74) is 13.7. The van der Waals surface area contributed by atoms with Gasteiger partial charge in [0.15, 0.2) is 0 Å². The molecule has 0 N–H and O–H groups in total. The maximum Gasteiger partial charge on any atom is 0.143 e. The highest BCUT2D eigenvalue weighted by Crippen LogP contribution is 2.54. The van der Waals surface area contributed by atoms with E-state index in [4.69, 9.17) is 4.42 Å². The summed E-state index contributed by atoms with van der Waals surface area (Å²) in [4.78, 5) is 4.64. The van der Waals surface area contributed by atoms with Gasteiger partial charge in [-0.1, -0.05) is 111 Å². The van der Waals surface area contributed by atoms with Gasteiger partial charge in [0.25, 0.3) is 0 Å². The van der Waals surface area contributed by atoms with Crippen LogP contribution in [0.5, 0.6) is 0 Å². The molecule has 0 spiro atoms. The molecule has 10 aromatic rings. The third-order valence-corrected chi connectivity index (χ3v) is 11.7. The minimum absolute atomic E-state index is 0.216. The summed E-state index contributed by atoms with van der Waals surface area (Å²) in [7, 11) is 0. The number of hydrogen-bond acceptors (Lipinski definition) is 3. The minimum atomic E-state index is -0.216. The number of nitrogens with zero attached hydrogens (tertiary/aromatic N) is 2. The Hall–Kier alpha value is -7.10. The van der Waals surface area contributed by atoms with E-state index in [0.29, 0.717) is 0 Å². The second-order valence-electron chi connectivity index (χ2n) is 15.4. The molecule has 1 aliphatic rings. The second-order valence-corrected chi connectivity index (χ2v) is 15.4. The van der Waals surface area contributed by atoms with Gasteiger partial charge in [-0.2, -0.15) is 0 Å². The van der Waals surface area contributed by atoms with Crippen LogP contribution < -0.4 is 9.80 Å². The Bertz CT molecular complexity index is 3020. The Morgan fingerprint density at radius 3 is 1.38 bits per heavy atom. The van der Waals surface area contributed by atoms with Crippen LogP contribution >= 0.6 is 0 Å². The van der Waals surface area contributed by atoms with Gasteiger partial charge in [0, 0.05) is 55.7 Å². The lowest BCUT2D eigenvalue weighted by atomic mass is 9.80. The van der Waals surface area contributed by atoms with E-state index in [1.165, 1.54) is 33.0 Å². The summed E-state index contributed by atoms with van der Waals surface area (Å²) >= 11 is 0. The molecule has 1 heterocycles. The molecule has 3 nitrogen and oxygen atoms in total. The van der Waals surface area contributed by atoms with E-state index in [0.717, 1.165) is 66.8 Å². The summed E-state index contributed by atoms with van der Waals surface area (Å²) in [5, 5.41) is 7.08. The van der Waals surface area contributed by atoms with Gasteiger partial charge in [0.05, 0.1) is 0 Å². The van der Waals surface area contributed by atoms with Crippen LogP contribution in [0.15, 0.2) is 199 Å². The van der Waals surface area contributed by atoms with Crippen molar-refractivity contribution in [1.29, 1.82) is 0 Å². The standard InChI is InChI=1S/C53H38N2O/c1-53(2)49-34-50-48(46-28-24-36-32-42(26-30-44(36)52(46)56-50)55(39-19-11-5-12-20-39)40-21-13-6-14-22-40)33-47(49)45-27-23-35-31-41(25-29-43(35)51(45)53)54(37-15-7-3-8-16-37)38-17-9-4-10-18-38/h3-34H,1-2H3. The molecular formula is C53H38N2O. The first-order chi connectivity index (χ1) is 27.5. The van der Waals surface area contributed by atoms with Gasteiger partial charge in [0.1, 0.15) is 11.2 Å². The highest BCUT2D eigenvalue weighted by atomic mass is 16.3. The lowest BCUT2D eigenvalue weighted by Gasteiger charge is -2.27. The Balaban J connectivity index is 1.02. The fraction of sp³-hybridized carbons (Fsp3) is 0.0566. The Labute approximate surface area is 326 Å². The molecule has 0 saturated carbocycles. The molecule has 9 aromatic carbocycles. The van der Waals surface area contributed by atoms with Crippen LogP contribution in [0.3, 0.4) is 0 Å². The summed E-state index contributed by atoms with van der Waals surface area (Å²) in [5.74, 6) is 0. The van der Waals surface area contributed by atoms with E-state index >= 15 is 0 Å². The predicted octanol–water partition coefficient (Wildman–Crippen LogP) is 15.1. The van der Waals surface area contributed by atoms with Crippen LogP contribution in [-0.4, -0.2) is 0 Å². The van der Waals surface area contributed by atoms with Crippen LogP contribution in [0.25, 0.3) is 54.6 Å². The van der Waals surface area contributed by atoms with Crippen molar-refractivity contribution in [1.82, 2.24) is 0 Å². The van der Waals surface area contributed by atoms with Gasteiger partial charge in [-0.25, -0.2) is 0 Å². The number of rotatable bonds is 6. The van der Waals surface area contributed by atoms with Gasteiger partial charge in [-0.15, -0.1) is 0 Å². The van der Waals surface area contributed by atoms with E-state index < -0.39 is 0 Å². The molecule has 0 amide bonds. The summed E-state index contributed by atoms with van der Waals surface area (Å²) < 4.78 is 6.85. The number of fused-ring (bicyclic) bond motifs is 10. The van der Waals surface area contributed by atoms with E-state index in [2.05, 4.69) is 218 Å². The van der Waals surface area contributed by atoms with Crippen LogP contribution in [0.2, 0.25) is 0 Å². The van der Waals surface area contributed by atoms with E-state index in [1.807, 2.05) is 0 Å². The lowest BCUT2D eigenvalue weighted by molar-refractivity contribution is 0.652. The maximum atomic E-state index is 6.85. The molecular weight excluding hydrogens is 681 g/mol. The highest BCUT2D eigenvalue weighted by Gasteiger charge is 2.38. The number of furan rings is 1. The second kappa shape index (κ2) is 12.5. The topological polar surface area (TPSA) is 19.6 Å². The van der Waals surface area contributed by atoms with Crippen LogP contribution in [0.4, 0.5) is 34.1 Å². The van der Waals surface area contributed by atoms with Crippen molar-refractivity contribution in [2.45, 2.75) is 19.3 Å².